The van der Waals surface area contributed by atoms with Crippen LogP contribution >= 0.6 is 0 Å². The van der Waals surface area contributed by atoms with Crippen LogP contribution in [0.25, 0.3) is 0 Å². The van der Waals surface area contributed by atoms with E-state index in [0.29, 0.717) is 42.3 Å². The summed E-state index contributed by atoms with van der Waals surface area (Å²) in [7, 11) is 0. The predicted molar refractivity (Wildman–Crippen MR) is 77.8 cm³/mol. The van der Waals surface area contributed by atoms with Gasteiger partial charge in [-0.3, -0.25) is 0 Å². The first-order valence-electron chi connectivity index (χ1n) is 7.02. The highest BCUT2D eigenvalue weighted by Crippen LogP contribution is 2.29. The van der Waals surface area contributed by atoms with E-state index in [4.69, 9.17) is 9.47 Å². The van der Waals surface area contributed by atoms with Crippen LogP contribution in [0.3, 0.4) is 0 Å². The van der Waals surface area contributed by atoms with Crippen molar-refractivity contribution in [3.8, 4) is 5.75 Å². The number of aryl methyl sites for hydroxylation is 1. The minimum Gasteiger partial charge on any atom is -0.467 e. The molecule has 4 nitrogen and oxygen atoms in total. The van der Waals surface area contributed by atoms with Crippen molar-refractivity contribution in [2.75, 3.05) is 18.7 Å². The van der Waals surface area contributed by atoms with Crippen molar-refractivity contribution in [3.63, 3.8) is 0 Å². The Morgan fingerprint density at radius 3 is 2.91 bits per heavy atom. The van der Waals surface area contributed by atoms with Crippen molar-refractivity contribution in [2.24, 2.45) is 0 Å². The molecule has 1 N–H and O–H groups in total. The maximum atomic E-state index is 13.6. The molecule has 2 heterocycles. The van der Waals surface area contributed by atoms with Gasteiger partial charge in [0.05, 0.1) is 6.61 Å². The van der Waals surface area contributed by atoms with E-state index in [1.807, 2.05) is 0 Å². The summed E-state index contributed by atoms with van der Waals surface area (Å²) in [5, 5.41) is 3.11. The van der Waals surface area contributed by atoms with E-state index in [9.17, 15) is 8.78 Å². The summed E-state index contributed by atoms with van der Waals surface area (Å²) in [6.45, 7) is 2.78. The number of nitrogens with one attached hydrogen (secondary N) is 1. The molecule has 22 heavy (non-hydrogen) atoms. The van der Waals surface area contributed by atoms with Gasteiger partial charge in [0.1, 0.15) is 11.6 Å². The standard InChI is InChI=1S/C16H16F2N2O2/c1-10-4-14(7-15(18)20-10)19-3-2-11-5-13(17)6-12-8-21-9-22-16(11)12/h4-7H,2-3,8-9H2,1H3,(H,19,20). The van der Waals surface area contributed by atoms with Gasteiger partial charge in [0.2, 0.25) is 5.95 Å². The fraction of sp³-hybridized carbons (Fsp3) is 0.312. The highest BCUT2D eigenvalue weighted by Gasteiger charge is 2.16. The molecule has 0 aliphatic carbocycles. The minimum atomic E-state index is -0.522. The third kappa shape index (κ3) is 3.33. The Bertz CT molecular complexity index is 672. The molecule has 0 saturated carbocycles. The minimum absolute atomic E-state index is 0.174. The zero-order valence-corrected chi connectivity index (χ0v) is 12.2. The van der Waals surface area contributed by atoms with Gasteiger partial charge >= 0.3 is 0 Å². The number of fused-ring (bicyclic) bond motifs is 1. The SMILES string of the molecule is Cc1cc(NCCc2cc(F)cc3c2OCOC3)cc(F)n1. The zero-order valence-electron chi connectivity index (χ0n) is 12.2. The summed E-state index contributed by atoms with van der Waals surface area (Å²) in [5.41, 5.74) is 2.75. The van der Waals surface area contributed by atoms with Gasteiger partial charge in [0, 0.05) is 29.6 Å². The smallest absolute Gasteiger partial charge is 0.215 e. The molecule has 0 radical (unpaired) electrons. The molecule has 0 fully saturated rings. The molecule has 1 aromatic heterocycles. The van der Waals surface area contributed by atoms with Gasteiger partial charge in [-0.1, -0.05) is 0 Å². The van der Waals surface area contributed by atoms with Crippen molar-refractivity contribution in [3.05, 3.63) is 52.9 Å². The van der Waals surface area contributed by atoms with Crippen LogP contribution in [0.4, 0.5) is 14.5 Å². The monoisotopic (exact) mass is 306 g/mol. The Morgan fingerprint density at radius 1 is 1.23 bits per heavy atom. The van der Waals surface area contributed by atoms with Crippen molar-refractivity contribution in [1.82, 2.24) is 4.98 Å². The summed E-state index contributed by atoms with van der Waals surface area (Å²) in [6.07, 6.45) is 0.559. The second kappa shape index (κ2) is 6.27. The third-order valence-corrected chi connectivity index (χ3v) is 3.40. The zero-order chi connectivity index (χ0) is 15.5. The summed E-state index contributed by atoms with van der Waals surface area (Å²) in [6, 6.07) is 5.98. The number of aromatic nitrogens is 1. The summed E-state index contributed by atoms with van der Waals surface area (Å²) >= 11 is 0. The number of anilines is 1. The van der Waals surface area contributed by atoms with Gasteiger partial charge in [0.15, 0.2) is 6.79 Å². The van der Waals surface area contributed by atoms with Crippen LogP contribution < -0.4 is 10.1 Å². The summed E-state index contributed by atoms with van der Waals surface area (Å²) in [4.78, 5) is 3.68. The van der Waals surface area contributed by atoms with Gasteiger partial charge in [-0.05, 0) is 37.1 Å². The van der Waals surface area contributed by atoms with Crippen LogP contribution in [-0.4, -0.2) is 18.3 Å². The fourth-order valence-electron chi connectivity index (χ4n) is 2.51. The highest BCUT2D eigenvalue weighted by atomic mass is 19.1. The lowest BCUT2D eigenvalue weighted by atomic mass is 10.1. The van der Waals surface area contributed by atoms with E-state index in [-0.39, 0.29) is 12.6 Å². The van der Waals surface area contributed by atoms with E-state index >= 15 is 0 Å². The molecular formula is C16H16F2N2O2. The van der Waals surface area contributed by atoms with Crippen molar-refractivity contribution in [1.29, 1.82) is 0 Å². The lowest BCUT2D eigenvalue weighted by molar-refractivity contribution is -0.0172. The summed E-state index contributed by atoms with van der Waals surface area (Å²) < 4.78 is 37.5. The van der Waals surface area contributed by atoms with Gasteiger partial charge in [0.25, 0.3) is 0 Å². The number of halogens is 2. The van der Waals surface area contributed by atoms with E-state index in [1.165, 1.54) is 18.2 Å². The van der Waals surface area contributed by atoms with Gasteiger partial charge in [-0.2, -0.15) is 4.39 Å². The number of pyridine rings is 1. The Labute approximate surface area is 127 Å². The first kappa shape index (κ1) is 14.7. The molecule has 1 aromatic carbocycles. The molecule has 2 aromatic rings. The molecule has 116 valence electrons. The molecule has 0 spiro atoms. The molecule has 1 aliphatic rings. The Kier molecular flexibility index (Phi) is 4.20. The van der Waals surface area contributed by atoms with Crippen molar-refractivity contribution < 1.29 is 18.3 Å². The van der Waals surface area contributed by atoms with Crippen LogP contribution in [0.1, 0.15) is 16.8 Å². The van der Waals surface area contributed by atoms with Crippen LogP contribution in [0, 0.1) is 18.7 Å². The predicted octanol–water partition coefficient (Wildman–Crippen LogP) is 3.19. The molecule has 0 saturated heterocycles. The van der Waals surface area contributed by atoms with E-state index in [2.05, 4.69) is 10.3 Å². The van der Waals surface area contributed by atoms with Crippen LogP contribution in [0.2, 0.25) is 0 Å². The molecule has 6 heteroatoms. The molecule has 0 atom stereocenters. The topological polar surface area (TPSA) is 43.4 Å². The first-order valence-corrected chi connectivity index (χ1v) is 7.02. The van der Waals surface area contributed by atoms with Crippen LogP contribution in [0.5, 0.6) is 5.75 Å². The lowest BCUT2D eigenvalue weighted by Gasteiger charge is -2.21. The molecule has 0 unspecified atom stereocenters. The number of hydrogen-bond acceptors (Lipinski definition) is 4. The summed E-state index contributed by atoms with van der Waals surface area (Å²) in [5.74, 6) is -0.147. The maximum absolute atomic E-state index is 13.6. The molecule has 1 aliphatic heterocycles. The number of hydrogen-bond donors (Lipinski definition) is 1. The second-order valence-corrected chi connectivity index (χ2v) is 5.16. The third-order valence-electron chi connectivity index (χ3n) is 3.40. The number of nitrogens with zero attached hydrogens (tertiary/aromatic N) is 1. The maximum Gasteiger partial charge on any atom is 0.215 e. The Morgan fingerprint density at radius 2 is 2.09 bits per heavy atom. The van der Waals surface area contributed by atoms with Crippen LogP contribution in [-0.2, 0) is 17.8 Å². The number of benzene rings is 1. The normalized spacial score (nSPS) is 13.4. The Hall–Kier alpha value is -2.21. The van der Waals surface area contributed by atoms with E-state index in [0.717, 1.165) is 5.56 Å². The molecule has 3 rings (SSSR count). The van der Waals surface area contributed by atoms with E-state index in [1.54, 1.807) is 13.0 Å². The number of ether oxygens (including phenoxy) is 2. The van der Waals surface area contributed by atoms with Crippen molar-refractivity contribution in [2.45, 2.75) is 20.0 Å². The van der Waals surface area contributed by atoms with Gasteiger partial charge in [-0.25, -0.2) is 9.37 Å². The average Bonchev–Trinajstić information content (AvgIpc) is 2.46. The van der Waals surface area contributed by atoms with E-state index < -0.39 is 5.95 Å². The largest absolute Gasteiger partial charge is 0.467 e. The molecule has 0 bridgehead atoms. The lowest BCUT2D eigenvalue weighted by Crippen LogP contribution is -2.15. The average molecular weight is 306 g/mol. The van der Waals surface area contributed by atoms with Gasteiger partial charge in [-0.15, -0.1) is 0 Å². The molecule has 0 amide bonds. The van der Waals surface area contributed by atoms with Crippen molar-refractivity contribution >= 4 is 5.69 Å². The van der Waals surface area contributed by atoms with Gasteiger partial charge < -0.3 is 14.8 Å². The highest BCUT2D eigenvalue weighted by molar-refractivity contribution is 5.45. The van der Waals surface area contributed by atoms with Crippen LogP contribution in [0.15, 0.2) is 24.3 Å². The Balaban J connectivity index is 1.70. The molecular weight excluding hydrogens is 290 g/mol. The first-order chi connectivity index (χ1) is 10.6. The number of rotatable bonds is 4. The second-order valence-electron chi connectivity index (χ2n) is 5.16. The quantitative estimate of drug-likeness (QED) is 0.881. The fourth-order valence-corrected chi connectivity index (χ4v) is 2.51.